The molecule has 0 radical (unpaired) electrons. The predicted octanol–water partition coefficient (Wildman–Crippen LogP) is 7.14. The van der Waals surface area contributed by atoms with Crippen LogP contribution in [0.5, 0.6) is 0 Å². The van der Waals surface area contributed by atoms with Crippen LogP contribution in [-0.2, 0) is 25.5 Å². The third-order valence-corrected chi connectivity index (χ3v) is 12.0. The second kappa shape index (κ2) is 17.9. The monoisotopic (exact) mass is 766 g/mol. The summed E-state index contributed by atoms with van der Waals surface area (Å²) in [6.45, 7) is 21.0. The minimum Gasteiger partial charge on any atom is -0.664 e. The summed E-state index contributed by atoms with van der Waals surface area (Å²) in [6, 6.07) is 0. The van der Waals surface area contributed by atoms with Gasteiger partial charge in [0, 0.05) is 12.0 Å². The molecule has 3 aliphatic rings. The van der Waals surface area contributed by atoms with Crippen LogP contribution in [0, 0.1) is 44.4 Å². The first kappa shape index (κ1) is 42.9. The van der Waals surface area contributed by atoms with Gasteiger partial charge in [-0.15, -0.1) is 33.5 Å². The van der Waals surface area contributed by atoms with Crippen molar-refractivity contribution in [1.82, 2.24) is 15.0 Å². The number of rotatable bonds is 13. The Hall–Kier alpha value is -4.28. The number of esters is 2. The molecular weight excluding hydrogens is 713 g/mol. The Bertz CT molecular complexity index is 2260. The van der Waals surface area contributed by atoms with Gasteiger partial charge in [0.15, 0.2) is 5.78 Å². The number of aromatic nitrogens is 3. The van der Waals surface area contributed by atoms with E-state index >= 15 is 0 Å². The molecule has 1 aliphatic carbocycles. The normalized spacial score (nSPS) is 22.5. The number of allylic oxidation sites excluding steroid dienone is 3. The van der Waals surface area contributed by atoms with Crippen LogP contribution in [0.25, 0.3) is 35.2 Å². The molecular formula is C46H54MgN4O5-2. The van der Waals surface area contributed by atoms with E-state index in [0.29, 0.717) is 46.1 Å². The Labute approximate surface area is 347 Å². The smallest absolute Gasteiger partial charge is 0.664 e. The van der Waals surface area contributed by atoms with Gasteiger partial charge in [-0.2, -0.15) is 11.4 Å². The maximum Gasteiger partial charge on any atom is 2.00 e. The van der Waals surface area contributed by atoms with Crippen LogP contribution in [0.15, 0.2) is 29.6 Å². The number of hydrogen-bond acceptors (Lipinski definition) is 5. The van der Waals surface area contributed by atoms with E-state index in [1.54, 1.807) is 0 Å². The van der Waals surface area contributed by atoms with E-state index in [1.165, 1.54) is 25.5 Å². The first-order chi connectivity index (χ1) is 26.3. The number of ether oxygens (including phenoxy) is 2. The Morgan fingerprint density at radius 3 is 2.36 bits per heavy atom. The molecule has 8 bridgehead atoms. The van der Waals surface area contributed by atoms with Gasteiger partial charge in [-0.3, -0.25) is 14.4 Å². The third-order valence-electron chi connectivity index (χ3n) is 12.0. The topological polar surface area (TPSA) is 126 Å². The summed E-state index contributed by atoms with van der Waals surface area (Å²) in [5, 5.41) is 6.80. The average Bonchev–Trinajstić information content (AvgIpc) is 3.90. The molecule has 3 aromatic rings. The number of nitrogens with zero attached hydrogens (tertiary/aromatic N) is 4. The van der Waals surface area contributed by atoms with Gasteiger partial charge in [0.05, 0.1) is 7.11 Å². The summed E-state index contributed by atoms with van der Waals surface area (Å²) in [6.07, 6.45) is 15.5. The Morgan fingerprint density at radius 2 is 1.68 bits per heavy atom. The predicted molar refractivity (Wildman–Crippen MR) is 223 cm³/mol. The first-order valence-corrected chi connectivity index (χ1v) is 19.8. The second-order valence-corrected chi connectivity index (χ2v) is 15.5. The molecule has 1 fully saturated rings. The van der Waals surface area contributed by atoms with Crippen molar-refractivity contribution in [3.8, 4) is 0 Å². The van der Waals surface area contributed by atoms with E-state index in [1.807, 2.05) is 44.2 Å². The number of hydrogen-bond donors (Lipinski definition) is 0. The summed E-state index contributed by atoms with van der Waals surface area (Å²) >= 11 is 0. The van der Waals surface area contributed by atoms with Crippen molar-refractivity contribution in [3.05, 3.63) is 102 Å². The Morgan fingerprint density at radius 1 is 0.964 bits per heavy atom. The SMILES string of the molecule is C=Cc1c2[n-]c(c1C)/C=C1\[N-]/C(=C3\c4[n-]c(c(C)c4C(=O)[C@@H]3C(=O)OC)/C=c3\[n-]/c(c(C)c3CC)=C\2)[C@@H](CCC(=O)OC/C=C(/C)CCC[C@H](C)CC)[C@@H]1C.[Mg+2]. The maximum absolute atomic E-state index is 14.3. The number of carbonyl (C=O) groups excluding carboxylic acids is 3. The molecule has 3 aromatic heterocycles. The van der Waals surface area contributed by atoms with Crippen molar-refractivity contribution in [2.75, 3.05) is 13.7 Å². The summed E-state index contributed by atoms with van der Waals surface area (Å²) in [4.78, 5) is 56.1. The van der Waals surface area contributed by atoms with Crippen LogP contribution in [0.1, 0.15) is 134 Å². The zero-order valence-corrected chi connectivity index (χ0v) is 36.0. The minimum absolute atomic E-state index is 0. The van der Waals surface area contributed by atoms with Gasteiger partial charge in [-0.05, 0) is 82.8 Å². The number of carbonyl (C=O) groups is 3. The number of ketones is 1. The molecule has 1 saturated heterocycles. The van der Waals surface area contributed by atoms with Gasteiger partial charge in [0.1, 0.15) is 12.5 Å². The third kappa shape index (κ3) is 8.10. The molecule has 4 atom stereocenters. The Kier molecular flexibility index (Phi) is 13.7. The van der Waals surface area contributed by atoms with Crippen molar-refractivity contribution in [1.29, 1.82) is 0 Å². The number of fused-ring (bicyclic) bond motifs is 7. The number of methoxy groups -OCH3 is 1. The molecule has 0 N–H and O–H groups in total. The van der Waals surface area contributed by atoms with E-state index in [0.717, 1.165) is 69.3 Å². The molecule has 0 saturated carbocycles. The molecule has 2 aliphatic heterocycles. The molecule has 0 spiro atoms. The van der Waals surface area contributed by atoms with Crippen LogP contribution < -0.4 is 25.7 Å². The van der Waals surface area contributed by atoms with E-state index in [2.05, 4.69) is 48.1 Å². The maximum atomic E-state index is 14.3. The van der Waals surface area contributed by atoms with Gasteiger partial charge in [0.2, 0.25) is 0 Å². The van der Waals surface area contributed by atoms with Crippen LogP contribution in [-0.4, -0.2) is 54.5 Å². The molecule has 5 heterocycles. The largest absolute Gasteiger partial charge is 2.00 e. The fourth-order valence-corrected chi connectivity index (χ4v) is 8.31. The molecule has 0 unspecified atom stereocenters. The van der Waals surface area contributed by atoms with Crippen molar-refractivity contribution in [3.63, 3.8) is 0 Å². The van der Waals surface area contributed by atoms with E-state index < -0.39 is 11.9 Å². The molecule has 6 rings (SSSR count). The van der Waals surface area contributed by atoms with E-state index in [9.17, 15) is 14.4 Å². The minimum atomic E-state index is -1.22. The van der Waals surface area contributed by atoms with E-state index in [-0.39, 0.29) is 59.7 Å². The Balaban J connectivity index is 0.00000600. The summed E-state index contributed by atoms with van der Waals surface area (Å²) in [7, 11) is 1.29. The van der Waals surface area contributed by atoms with Crippen LogP contribution in [0.2, 0.25) is 0 Å². The van der Waals surface area contributed by atoms with Gasteiger partial charge >= 0.3 is 35.0 Å². The van der Waals surface area contributed by atoms with Crippen molar-refractivity contribution in [2.45, 2.75) is 100 Å². The van der Waals surface area contributed by atoms with E-state index in [4.69, 9.17) is 29.7 Å². The van der Waals surface area contributed by atoms with Crippen LogP contribution in [0.3, 0.4) is 0 Å². The summed E-state index contributed by atoms with van der Waals surface area (Å²) < 4.78 is 10.9. The van der Waals surface area contributed by atoms with Crippen molar-refractivity contribution >= 4 is 70.7 Å². The zero-order chi connectivity index (χ0) is 39.7. The van der Waals surface area contributed by atoms with Crippen molar-refractivity contribution < 1.29 is 23.9 Å². The van der Waals surface area contributed by atoms with Gasteiger partial charge in [-0.1, -0.05) is 105 Å². The quantitative estimate of drug-likeness (QED) is 0.0778. The van der Waals surface area contributed by atoms with Crippen LogP contribution in [0.4, 0.5) is 0 Å². The molecule has 56 heavy (non-hydrogen) atoms. The van der Waals surface area contributed by atoms with Crippen molar-refractivity contribution in [2.24, 2.45) is 23.7 Å². The molecule has 0 aromatic carbocycles. The van der Waals surface area contributed by atoms with Gasteiger partial charge in [-0.25, -0.2) is 0 Å². The standard InChI is InChI=1S/C46H55N4O5.Mg/c1-11-24(4)15-14-16-25(5)19-20-55-39(51)18-17-32-28(8)35-21-33-26(6)30(12-2)37(47-33)22-34-27(7)31(13-3)38(48-34)23-36-29(9)40-44(50-36)41(43(32)49-35)42(45(40)52)46(53)54-10;/h12,19,21-24,28,32,42H,2,11,13-18,20H2,1,3-10H3,(H-,49,50,52);/q-3;+2/p-1/b25-19-,34-22-,35-21-,38-23-;/t24-,28+,32+,42-;/m1./s1. The summed E-state index contributed by atoms with van der Waals surface area (Å²) in [5.74, 6) is -2.33. The zero-order valence-electron chi connectivity index (χ0n) is 34.6. The molecule has 292 valence electrons. The first-order valence-electron chi connectivity index (χ1n) is 19.8. The average molecular weight is 767 g/mol. The van der Waals surface area contributed by atoms with Crippen LogP contribution >= 0.6 is 0 Å². The molecule has 10 heteroatoms. The molecule has 9 nitrogen and oxygen atoms in total. The fourth-order valence-electron chi connectivity index (χ4n) is 8.31. The summed E-state index contributed by atoms with van der Waals surface area (Å²) in [5.41, 5.74) is 10.7. The fraction of sp³-hybridized carbons (Fsp3) is 0.457. The van der Waals surface area contributed by atoms with Gasteiger partial charge in [0.25, 0.3) is 0 Å². The second-order valence-electron chi connectivity index (χ2n) is 15.5. The molecule has 0 amide bonds. The van der Waals surface area contributed by atoms with Gasteiger partial charge < -0.3 is 29.7 Å². The number of Topliss-reactive ketones (excluding diaryl/α,β-unsaturated/α-hetero) is 1.